The molecule has 14 nitrogen and oxygen atoms in total. The Morgan fingerprint density at radius 2 is 1.50 bits per heavy atom. The molecule has 6 N–H and O–H groups in total. The third-order valence-electron chi connectivity index (χ3n) is 6.58. The van der Waals surface area contributed by atoms with E-state index in [9.17, 15) is 39.6 Å². The number of carbonyl (C=O) groups is 4. The van der Waals surface area contributed by atoms with Crippen molar-refractivity contribution < 1.29 is 49.4 Å². The van der Waals surface area contributed by atoms with Gasteiger partial charge < -0.3 is 35.6 Å². The summed E-state index contributed by atoms with van der Waals surface area (Å²) in [6.07, 6.45) is -0.644. The monoisotopic (exact) mass is 568 g/mol. The van der Waals surface area contributed by atoms with Crippen LogP contribution in [0.4, 0.5) is 0 Å². The van der Waals surface area contributed by atoms with Crippen LogP contribution in [0.3, 0.4) is 0 Å². The fraction of sp³-hybridized carbons (Fsp3) is 0.615. The molecule has 224 valence electrons. The lowest BCUT2D eigenvalue weighted by molar-refractivity contribution is -0.223. The number of carboxylic acid groups (broad SMARTS) is 4. The Kier molecular flexibility index (Phi) is 13.2. The highest BCUT2D eigenvalue weighted by atomic mass is 16.5. The smallest absolute Gasteiger partial charge is 0.317 e. The van der Waals surface area contributed by atoms with Crippen molar-refractivity contribution in [1.82, 2.24) is 20.0 Å². The average Bonchev–Trinajstić information content (AvgIpc) is 2.86. The maximum atomic E-state index is 12.2. The molecule has 1 fully saturated rings. The number of hydrogen-bond acceptors (Lipinski definition) is 10. The first-order chi connectivity index (χ1) is 18.9. The lowest BCUT2D eigenvalue weighted by atomic mass is 10.0. The van der Waals surface area contributed by atoms with E-state index >= 15 is 0 Å². The second-order valence-electron chi connectivity index (χ2n) is 9.74. The number of ether oxygens (including phenoxy) is 1. The normalized spacial score (nSPS) is 22.1. The number of benzene rings is 1. The fourth-order valence-corrected chi connectivity index (χ4v) is 4.71. The predicted molar refractivity (Wildman–Crippen MR) is 142 cm³/mol. The van der Waals surface area contributed by atoms with Crippen molar-refractivity contribution in [3.8, 4) is 5.75 Å². The van der Waals surface area contributed by atoms with Crippen molar-refractivity contribution >= 4 is 23.9 Å². The standard InChI is InChI=1S/C26H40N4O10/c1-2-9-26(39)25(40-20-6-3-19(4-7-20)5-8-21(31)32)29(17-23(35)36)15-14-28(16-22(33)34)12-10-27-11-13-30(26)18-24(37)38/h3-4,6-7,25,27,39H,2,5,8-18H2,1H3,(H,31,32)(H,33,34)(H,35,36)(H,37,38). The van der Waals surface area contributed by atoms with Crippen molar-refractivity contribution in [2.45, 2.75) is 44.6 Å². The summed E-state index contributed by atoms with van der Waals surface area (Å²) in [5.41, 5.74) is -1.20. The molecule has 0 radical (unpaired) electrons. The van der Waals surface area contributed by atoms with Crippen LogP contribution in [-0.4, -0.2) is 135 Å². The van der Waals surface area contributed by atoms with Crippen LogP contribution >= 0.6 is 0 Å². The van der Waals surface area contributed by atoms with E-state index in [0.29, 0.717) is 25.9 Å². The Hall–Kier alpha value is -3.30. The number of aliphatic hydroxyl groups is 1. The number of hydrogen-bond donors (Lipinski definition) is 6. The van der Waals surface area contributed by atoms with E-state index in [1.165, 1.54) is 9.80 Å². The molecule has 1 saturated heterocycles. The van der Waals surface area contributed by atoms with E-state index in [4.69, 9.17) is 9.84 Å². The number of carboxylic acids is 4. The van der Waals surface area contributed by atoms with Crippen molar-refractivity contribution in [3.63, 3.8) is 0 Å². The van der Waals surface area contributed by atoms with Crippen molar-refractivity contribution in [2.75, 3.05) is 58.9 Å². The van der Waals surface area contributed by atoms with Crippen LogP contribution < -0.4 is 10.1 Å². The zero-order valence-electron chi connectivity index (χ0n) is 22.7. The summed E-state index contributed by atoms with van der Waals surface area (Å²) in [7, 11) is 0. The van der Waals surface area contributed by atoms with E-state index in [-0.39, 0.29) is 51.3 Å². The Bertz CT molecular complexity index is 992. The van der Waals surface area contributed by atoms with Gasteiger partial charge in [-0.1, -0.05) is 25.5 Å². The summed E-state index contributed by atoms with van der Waals surface area (Å²) in [4.78, 5) is 50.5. The highest BCUT2D eigenvalue weighted by Crippen LogP contribution is 2.30. The zero-order chi connectivity index (χ0) is 29.7. The molecule has 0 spiro atoms. The van der Waals surface area contributed by atoms with Gasteiger partial charge in [0.2, 0.25) is 0 Å². The van der Waals surface area contributed by atoms with Crippen LogP contribution in [0, 0.1) is 0 Å². The molecule has 1 aromatic rings. The Balaban J connectivity index is 2.55. The van der Waals surface area contributed by atoms with Crippen molar-refractivity contribution in [2.24, 2.45) is 0 Å². The molecule has 1 aromatic carbocycles. The van der Waals surface area contributed by atoms with Crippen molar-refractivity contribution in [3.05, 3.63) is 29.8 Å². The second-order valence-corrected chi connectivity index (χ2v) is 9.74. The number of nitrogens with one attached hydrogen (secondary N) is 1. The first-order valence-corrected chi connectivity index (χ1v) is 13.2. The van der Waals surface area contributed by atoms with Crippen LogP contribution in [0.2, 0.25) is 0 Å². The molecule has 14 heteroatoms. The Morgan fingerprint density at radius 1 is 0.875 bits per heavy atom. The molecule has 0 amide bonds. The van der Waals surface area contributed by atoms with Gasteiger partial charge in [-0.2, -0.15) is 0 Å². The summed E-state index contributed by atoms with van der Waals surface area (Å²) in [6.45, 7) is 1.74. The molecule has 1 aliphatic rings. The van der Waals surface area contributed by atoms with Gasteiger partial charge in [-0.3, -0.25) is 33.9 Å². The maximum absolute atomic E-state index is 12.2. The van der Waals surface area contributed by atoms with E-state index in [2.05, 4.69) is 5.32 Å². The molecule has 0 aromatic heterocycles. The van der Waals surface area contributed by atoms with Gasteiger partial charge in [0, 0.05) is 45.7 Å². The molecular weight excluding hydrogens is 528 g/mol. The number of aryl methyl sites for hydroxylation is 1. The molecular formula is C26H40N4O10. The summed E-state index contributed by atoms with van der Waals surface area (Å²) in [6, 6.07) is 6.50. The number of rotatable bonds is 13. The maximum Gasteiger partial charge on any atom is 0.317 e. The van der Waals surface area contributed by atoms with Crippen LogP contribution in [0.1, 0.15) is 31.7 Å². The molecule has 1 aliphatic heterocycles. The minimum Gasteiger partial charge on any atom is -0.481 e. The second kappa shape index (κ2) is 16.1. The van der Waals surface area contributed by atoms with E-state index < -0.39 is 48.9 Å². The van der Waals surface area contributed by atoms with Crippen LogP contribution in [-0.2, 0) is 25.6 Å². The van der Waals surface area contributed by atoms with Gasteiger partial charge in [-0.25, -0.2) is 0 Å². The van der Waals surface area contributed by atoms with Gasteiger partial charge in [0.05, 0.1) is 19.6 Å². The van der Waals surface area contributed by atoms with E-state index in [0.717, 1.165) is 5.56 Å². The molecule has 0 bridgehead atoms. The van der Waals surface area contributed by atoms with Crippen LogP contribution in [0.5, 0.6) is 5.75 Å². The third kappa shape index (κ3) is 10.7. The average molecular weight is 569 g/mol. The summed E-state index contributed by atoms with van der Waals surface area (Å²) >= 11 is 0. The van der Waals surface area contributed by atoms with E-state index in [1.54, 1.807) is 36.1 Å². The molecule has 2 rings (SSSR count). The highest BCUT2D eigenvalue weighted by molar-refractivity contribution is 5.70. The van der Waals surface area contributed by atoms with Crippen molar-refractivity contribution in [1.29, 1.82) is 0 Å². The molecule has 0 saturated carbocycles. The first-order valence-electron chi connectivity index (χ1n) is 13.2. The minimum atomic E-state index is -1.94. The largest absolute Gasteiger partial charge is 0.481 e. The van der Waals surface area contributed by atoms with Crippen LogP contribution in [0.15, 0.2) is 24.3 Å². The van der Waals surface area contributed by atoms with Gasteiger partial charge in [-0.15, -0.1) is 0 Å². The minimum absolute atomic E-state index is 0.00782. The Labute approximate surface area is 232 Å². The topological polar surface area (TPSA) is 200 Å². The number of nitrogens with zero attached hydrogens (tertiary/aromatic N) is 3. The van der Waals surface area contributed by atoms with Gasteiger partial charge in [-0.05, 0) is 30.5 Å². The quantitative estimate of drug-likeness (QED) is 0.180. The fourth-order valence-electron chi connectivity index (χ4n) is 4.71. The molecule has 0 aliphatic carbocycles. The van der Waals surface area contributed by atoms with Crippen LogP contribution in [0.25, 0.3) is 0 Å². The molecule has 1 heterocycles. The zero-order valence-corrected chi connectivity index (χ0v) is 22.7. The number of aliphatic carboxylic acids is 4. The third-order valence-corrected chi connectivity index (χ3v) is 6.58. The van der Waals surface area contributed by atoms with Gasteiger partial charge in [0.1, 0.15) is 5.75 Å². The predicted octanol–water partition coefficient (Wildman–Crippen LogP) is -0.340. The summed E-state index contributed by atoms with van der Waals surface area (Å²) in [5.74, 6) is -4.10. The lowest BCUT2D eigenvalue weighted by Crippen LogP contribution is -2.67. The first kappa shape index (κ1) is 32.9. The molecule has 40 heavy (non-hydrogen) atoms. The SMILES string of the molecule is CCCC1(O)C(Oc2ccc(CCC(=O)O)cc2)N(CC(=O)O)CCN(CC(=O)O)CCNCCN1CC(=O)O. The molecule has 2 unspecified atom stereocenters. The molecule has 2 atom stereocenters. The summed E-state index contributed by atoms with van der Waals surface area (Å²) in [5, 5.41) is 53.0. The Morgan fingerprint density at radius 3 is 2.08 bits per heavy atom. The van der Waals surface area contributed by atoms with Gasteiger partial charge in [0.25, 0.3) is 0 Å². The van der Waals surface area contributed by atoms with E-state index in [1.807, 2.05) is 0 Å². The summed E-state index contributed by atoms with van der Waals surface area (Å²) < 4.78 is 6.26. The van der Waals surface area contributed by atoms with Gasteiger partial charge >= 0.3 is 23.9 Å². The lowest BCUT2D eigenvalue weighted by Gasteiger charge is -2.48. The highest BCUT2D eigenvalue weighted by Gasteiger charge is 2.47. The van der Waals surface area contributed by atoms with Gasteiger partial charge in [0.15, 0.2) is 12.0 Å².